The van der Waals surface area contributed by atoms with Gasteiger partial charge in [0.1, 0.15) is 0 Å². The summed E-state index contributed by atoms with van der Waals surface area (Å²) in [6.45, 7) is 8.02. The van der Waals surface area contributed by atoms with Crippen molar-refractivity contribution in [3.8, 4) is 0 Å². The Morgan fingerprint density at radius 2 is 2.14 bits per heavy atom. The summed E-state index contributed by atoms with van der Waals surface area (Å²) in [6.07, 6.45) is 9.62. The van der Waals surface area contributed by atoms with Crippen LogP contribution in [-0.2, 0) is 11.3 Å². The fourth-order valence-corrected chi connectivity index (χ4v) is 3.94. The van der Waals surface area contributed by atoms with Gasteiger partial charge in [-0.25, -0.2) is 0 Å². The number of likely N-dealkylation sites (N-methyl/N-ethyl adjacent to an activating group) is 1. The van der Waals surface area contributed by atoms with Crippen molar-refractivity contribution in [1.29, 1.82) is 0 Å². The van der Waals surface area contributed by atoms with E-state index in [9.17, 15) is 4.79 Å². The molecule has 0 unspecified atom stereocenters. The topological polar surface area (TPSA) is 41.4 Å². The molecular formula is C17H28N4O. The average molecular weight is 304 g/mol. The summed E-state index contributed by atoms with van der Waals surface area (Å²) in [5, 5.41) is 4.38. The summed E-state index contributed by atoms with van der Waals surface area (Å²) in [5.41, 5.74) is 1.18. The number of aryl methyl sites for hydroxylation is 1. The second kappa shape index (κ2) is 6.82. The van der Waals surface area contributed by atoms with Crippen LogP contribution in [0.25, 0.3) is 0 Å². The molecule has 0 aromatic carbocycles. The molecule has 0 radical (unpaired) electrons. The minimum Gasteiger partial charge on any atom is -0.336 e. The first-order valence-corrected chi connectivity index (χ1v) is 8.72. The van der Waals surface area contributed by atoms with Crippen molar-refractivity contribution in [3.63, 3.8) is 0 Å². The molecular weight excluding hydrogens is 276 g/mol. The number of amides is 1. The highest BCUT2D eigenvalue weighted by Gasteiger charge is 2.36. The highest BCUT2D eigenvalue weighted by molar-refractivity contribution is 5.82. The lowest BCUT2D eigenvalue weighted by Crippen LogP contribution is -2.52. The lowest BCUT2D eigenvalue weighted by molar-refractivity contribution is -0.139. The third kappa shape index (κ3) is 3.19. The molecule has 0 N–H and O–H groups in total. The van der Waals surface area contributed by atoms with Gasteiger partial charge in [-0.2, -0.15) is 5.10 Å². The average Bonchev–Trinajstić information content (AvgIpc) is 3.16. The Hall–Kier alpha value is -1.36. The minimum atomic E-state index is 0.110. The first-order valence-electron chi connectivity index (χ1n) is 8.72. The number of carbonyl (C=O) groups is 1. The van der Waals surface area contributed by atoms with Crippen molar-refractivity contribution >= 4 is 5.91 Å². The number of nitrogens with zero attached hydrogens (tertiary/aromatic N) is 4. The van der Waals surface area contributed by atoms with Gasteiger partial charge in [0.25, 0.3) is 0 Å². The molecule has 0 spiro atoms. The standard InChI is InChI=1S/C17H28N4O/c1-3-19-9-5-4-8-16(19)17(22)21-10-6-7-15(21)13-20-12-14(2)11-18-20/h11-12,15-16H,3-10,13H2,1-2H3/t15-,16-/m0/s1. The second-order valence-corrected chi connectivity index (χ2v) is 6.71. The summed E-state index contributed by atoms with van der Waals surface area (Å²) in [6, 6.07) is 0.422. The van der Waals surface area contributed by atoms with Crippen molar-refractivity contribution in [2.75, 3.05) is 19.6 Å². The number of hydrogen-bond donors (Lipinski definition) is 0. The molecule has 0 aliphatic carbocycles. The van der Waals surface area contributed by atoms with Crippen LogP contribution in [0.2, 0.25) is 0 Å². The van der Waals surface area contributed by atoms with Gasteiger partial charge in [-0.15, -0.1) is 0 Å². The second-order valence-electron chi connectivity index (χ2n) is 6.71. The van der Waals surface area contributed by atoms with Crippen molar-refractivity contribution in [1.82, 2.24) is 19.6 Å². The van der Waals surface area contributed by atoms with Gasteiger partial charge < -0.3 is 4.90 Å². The lowest BCUT2D eigenvalue weighted by atomic mass is 10.0. The zero-order valence-electron chi connectivity index (χ0n) is 13.9. The van der Waals surface area contributed by atoms with Crippen LogP contribution >= 0.6 is 0 Å². The van der Waals surface area contributed by atoms with E-state index in [4.69, 9.17) is 0 Å². The number of aromatic nitrogens is 2. The predicted molar refractivity (Wildman–Crippen MR) is 86.6 cm³/mol. The Morgan fingerprint density at radius 3 is 2.86 bits per heavy atom. The number of piperidine rings is 1. The van der Waals surface area contributed by atoms with E-state index in [0.717, 1.165) is 45.4 Å². The molecule has 122 valence electrons. The molecule has 5 nitrogen and oxygen atoms in total. The third-order valence-corrected chi connectivity index (χ3v) is 5.13. The fraction of sp³-hybridized carbons (Fsp3) is 0.765. The number of rotatable bonds is 4. The summed E-state index contributed by atoms with van der Waals surface area (Å²) in [4.78, 5) is 17.5. The van der Waals surface area contributed by atoms with Gasteiger partial charge in [0.05, 0.1) is 24.8 Å². The van der Waals surface area contributed by atoms with E-state index in [1.54, 1.807) is 0 Å². The lowest BCUT2D eigenvalue weighted by Gasteiger charge is -2.37. The smallest absolute Gasteiger partial charge is 0.240 e. The van der Waals surface area contributed by atoms with Crippen LogP contribution in [0.15, 0.2) is 12.4 Å². The predicted octanol–water partition coefficient (Wildman–Crippen LogP) is 2.06. The van der Waals surface area contributed by atoms with E-state index in [0.29, 0.717) is 11.9 Å². The maximum Gasteiger partial charge on any atom is 0.240 e. The summed E-state index contributed by atoms with van der Waals surface area (Å²) >= 11 is 0. The molecule has 1 aromatic heterocycles. The first-order chi connectivity index (χ1) is 10.7. The molecule has 2 atom stereocenters. The molecule has 1 aromatic rings. The normalized spacial score (nSPS) is 26.5. The molecule has 1 amide bonds. The molecule has 2 aliphatic rings. The van der Waals surface area contributed by atoms with E-state index in [1.807, 2.05) is 10.9 Å². The molecule has 5 heteroatoms. The van der Waals surface area contributed by atoms with E-state index < -0.39 is 0 Å². The Kier molecular flexibility index (Phi) is 4.81. The van der Waals surface area contributed by atoms with Crippen LogP contribution in [0.5, 0.6) is 0 Å². The number of likely N-dealkylation sites (tertiary alicyclic amines) is 2. The summed E-state index contributed by atoms with van der Waals surface area (Å²) < 4.78 is 1.99. The van der Waals surface area contributed by atoms with Gasteiger partial charge in [-0.05, 0) is 51.3 Å². The Labute approximate surface area is 133 Å². The monoisotopic (exact) mass is 304 g/mol. The van der Waals surface area contributed by atoms with Crippen molar-refractivity contribution in [3.05, 3.63) is 18.0 Å². The first kappa shape index (κ1) is 15.5. The van der Waals surface area contributed by atoms with Crippen LogP contribution in [0.1, 0.15) is 44.6 Å². The SMILES string of the molecule is CCN1CCCC[C@H]1C(=O)N1CCC[C@H]1Cn1cc(C)cn1. The van der Waals surface area contributed by atoms with Gasteiger partial charge in [0, 0.05) is 12.7 Å². The molecule has 2 saturated heterocycles. The zero-order chi connectivity index (χ0) is 15.5. The maximum atomic E-state index is 13.0. The van der Waals surface area contributed by atoms with E-state index in [2.05, 4.69) is 34.9 Å². The molecule has 0 saturated carbocycles. The fourth-order valence-electron chi connectivity index (χ4n) is 3.94. The van der Waals surface area contributed by atoms with Gasteiger partial charge in [0.2, 0.25) is 5.91 Å². The molecule has 0 bridgehead atoms. The highest BCUT2D eigenvalue weighted by atomic mass is 16.2. The largest absolute Gasteiger partial charge is 0.336 e. The third-order valence-electron chi connectivity index (χ3n) is 5.13. The molecule has 3 heterocycles. The van der Waals surface area contributed by atoms with Gasteiger partial charge >= 0.3 is 0 Å². The summed E-state index contributed by atoms with van der Waals surface area (Å²) in [5.74, 6) is 0.355. The molecule has 3 rings (SSSR count). The van der Waals surface area contributed by atoms with Crippen LogP contribution in [0, 0.1) is 6.92 Å². The van der Waals surface area contributed by atoms with Crippen molar-refractivity contribution in [2.24, 2.45) is 0 Å². The Bertz CT molecular complexity index is 513. The number of carbonyl (C=O) groups excluding carboxylic acids is 1. The highest BCUT2D eigenvalue weighted by Crippen LogP contribution is 2.25. The van der Waals surface area contributed by atoms with Crippen molar-refractivity contribution in [2.45, 2.75) is 64.6 Å². The molecule has 22 heavy (non-hydrogen) atoms. The van der Waals surface area contributed by atoms with Crippen LogP contribution in [-0.4, -0.2) is 57.2 Å². The van der Waals surface area contributed by atoms with Gasteiger partial charge in [-0.3, -0.25) is 14.4 Å². The molecule has 2 aliphatic heterocycles. The van der Waals surface area contributed by atoms with E-state index in [-0.39, 0.29) is 6.04 Å². The number of hydrogen-bond acceptors (Lipinski definition) is 3. The van der Waals surface area contributed by atoms with Crippen molar-refractivity contribution < 1.29 is 4.79 Å². The zero-order valence-corrected chi connectivity index (χ0v) is 13.9. The van der Waals surface area contributed by atoms with Crippen LogP contribution in [0.3, 0.4) is 0 Å². The Morgan fingerprint density at radius 1 is 1.27 bits per heavy atom. The van der Waals surface area contributed by atoms with Gasteiger partial charge in [0.15, 0.2) is 0 Å². The minimum absolute atomic E-state index is 0.110. The quantitative estimate of drug-likeness (QED) is 0.855. The molecule has 2 fully saturated rings. The van der Waals surface area contributed by atoms with Crippen LogP contribution < -0.4 is 0 Å². The van der Waals surface area contributed by atoms with Crippen LogP contribution in [0.4, 0.5) is 0 Å². The van der Waals surface area contributed by atoms with E-state index >= 15 is 0 Å². The maximum absolute atomic E-state index is 13.0. The van der Waals surface area contributed by atoms with E-state index in [1.165, 1.54) is 18.4 Å². The Balaban J connectivity index is 1.67. The summed E-state index contributed by atoms with van der Waals surface area (Å²) in [7, 11) is 0. The van der Waals surface area contributed by atoms with Gasteiger partial charge in [-0.1, -0.05) is 13.3 Å².